The fraction of sp³-hybridized carbons (Fsp3) is 0.423. The van der Waals surface area contributed by atoms with Crippen LogP contribution in [0.4, 0.5) is 0 Å². The lowest BCUT2D eigenvalue weighted by atomic mass is 9.92. The summed E-state index contributed by atoms with van der Waals surface area (Å²) in [4.78, 5) is 35.3. The number of carbonyl (C=O) groups is 3. The van der Waals surface area contributed by atoms with E-state index in [1.807, 2.05) is 24.3 Å². The van der Waals surface area contributed by atoms with Crippen LogP contribution in [0, 0.1) is 0 Å². The second kappa shape index (κ2) is 11.2. The lowest BCUT2D eigenvalue weighted by molar-refractivity contribution is -0.256. The molecule has 0 aromatic heterocycles. The lowest BCUT2D eigenvalue weighted by Gasteiger charge is -2.40. The van der Waals surface area contributed by atoms with E-state index >= 15 is 0 Å². The number of hydrogen-bond donors (Lipinski definition) is 0. The Balaban J connectivity index is 1.66. The molecule has 0 saturated carbocycles. The maximum atomic E-state index is 11.9. The van der Waals surface area contributed by atoms with Gasteiger partial charge in [-0.3, -0.25) is 14.4 Å². The van der Waals surface area contributed by atoms with Crippen LogP contribution in [0.2, 0.25) is 5.02 Å². The predicted molar refractivity (Wildman–Crippen MR) is 127 cm³/mol. The number of fused-ring (bicyclic) bond motifs is 1. The van der Waals surface area contributed by atoms with Crippen LogP contribution in [0.15, 0.2) is 36.4 Å². The van der Waals surface area contributed by atoms with Crippen molar-refractivity contribution in [3.63, 3.8) is 0 Å². The van der Waals surface area contributed by atoms with Gasteiger partial charge in [0.05, 0.1) is 6.42 Å². The molecule has 9 nitrogen and oxygen atoms in total. The topological polar surface area (TPSA) is 107 Å². The van der Waals surface area contributed by atoms with Gasteiger partial charge in [-0.1, -0.05) is 29.8 Å². The summed E-state index contributed by atoms with van der Waals surface area (Å²) in [7, 11) is 0. The summed E-state index contributed by atoms with van der Waals surface area (Å²) in [5.41, 5.74) is 2.36. The van der Waals surface area contributed by atoms with Gasteiger partial charge in [-0.15, -0.1) is 0 Å². The minimum atomic E-state index is -0.999. The van der Waals surface area contributed by atoms with Crippen LogP contribution in [-0.2, 0) is 39.8 Å². The van der Waals surface area contributed by atoms with Crippen molar-refractivity contribution in [1.29, 1.82) is 0 Å². The third kappa shape index (κ3) is 6.27. The standard InChI is InChI=1S/C26H27ClO9/c1-14(28)33-23-13-24(34-15(2)29)36-25(26(23)35-16(3)30)18-5-6-20(27)19(12-18)10-17-4-7-21-22(11-17)32-9-8-31-21/h4-7,11-12,23-26H,8-10,13H2,1-3H3/t23-,24?,25-,26+/m0/s1. The molecule has 0 N–H and O–H groups in total. The molecule has 0 aliphatic carbocycles. The zero-order chi connectivity index (χ0) is 25.8. The van der Waals surface area contributed by atoms with Gasteiger partial charge in [-0.25, -0.2) is 0 Å². The Kier molecular flexibility index (Phi) is 8.01. The SMILES string of the molecule is CC(=O)OC1C[C@H](OC(C)=O)[C@@H](OC(C)=O)[C@H](c2ccc(Cl)c(Cc3ccc4c(c3)OCCO4)c2)O1. The van der Waals surface area contributed by atoms with Gasteiger partial charge >= 0.3 is 17.9 Å². The normalized spacial score (nSPS) is 22.9. The van der Waals surface area contributed by atoms with Gasteiger partial charge < -0.3 is 28.4 Å². The Morgan fingerprint density at radius 1 is 0.889 bits per heavy atom. The zero-order valence-electron chi connectivity index (χ0n) is 20.2. The van der Waals surface area contributed by atoms with Crippen LogP contribution in [0.5, 0.6) is 11.5 Å². The van der Waals surface area contributed by atoms with Crippen molar-refractivity contribution in [3.05, 3.63) is 58.1 Å². The number of ether oxygens (including phenoxy) is 6. The fourth-order valence-electron chi connectivity index (χ4n) is 4.33. The summed E-state index contributed by atoms with van der Waals surface area (Å²) in [5, 5.41) is 0.529. The highest BCUT2D eigenvalue weighted by Gasteiger charge is 2.45. The lowest BCUT2D eigenvalue weighted by Crippen LogP contribution is -2.48. The molecule has 4 rings (SSSR count). The Bertz CT molecular complexity index is 1150. The summed E-state index contributed by atoms with van der Waals surface area (Å²) >= 11 is 6.52. The summed E-state index contributed by atoms with van der Waals surface area (Å²) in [5.74, 6) is -0.318. The molecule has 36 heavy (non-hydrogen) atoms. The smallest absolute Gasteiger partial charge is 0.304 e. The number of carbonyl (C=O) groups excluding carboxylic acids is 3. The zero-order valence-corrected chi connectivity index (χ0v) is 20.9. The molecule has 0 bridgehead atoms. The highest BCUT2D eigenvalue weighted by Crippen LogP contribution is 2.38. The monoisotopic (exact) mass is 518 g/mol. The van der Waals surface area contributed by atoms with Gasteiger partial charge in [0, 0.05) is 25.8 Å². The molecule has 4 atom stereocenters. The maximum Gasteiger partial charge on any atom is 0.304 e. The molecule has 1 unspecified atom stereocenters. The molecule has 1 saturated heterocycles. The van der Waals surface area contributed by atoms with Crippen LogP contribution in [0.3, 0.4) is 0 Å². The van der Waals surface area contributed by atoms with Crippen molar-refractivity contribution in [2.45, 2.75) is 58.2 Å². The molecule has 1 fully saturated rings. The van der Waals surface area contributed by atoms with E-state index in [9.17, 15) is 14.4 Å². The Labute approximate surface area is 213 Å². The van der Waals surface area contributed by atoms with Crippen molar-refractivity contribution in [3.8, 4) is 11.5 Å². The maximum absolute atomic E-state index is 11.9. The Morgan fingerprint density at radius 3 is 2.28 bits per heavy atom. The fourth-order valence-corrected chi connectivity index (χ4v) is 4.51. The molecule has 0 radical (unpaired) electrons. The molecular formula is C26H27ClO9. The van der Waals surface area contributed by atoms with Crippen molar-refractivity contribution >= 4 is 29.5 Å². The minimum absolute atomic E-state index is 0.0191. The van der Waals surface area contributed by atoms with Crippen molar-refractivity contribution in [2.24, 2.45) is 0 Å². The molecule has 2 aliphatic heterocycles. The van der Waals surface area contributed by atoms with Crippen LogP contribution >= 0.6 is 11.6 Å². The average molecular weight is 519 g/mol. The first-order valence-electron chi connectivity index (χ1n) is 11.5. The molecule has 2 aromatic rings. The predicted octanol–water partition coefficient (Wildman–Crippen LogP) is 3.92. The number of esters is 3. The van der Waals surface area contributed by atoms with Gasteiger partial charge in [0.25, 0.3) is 0 Å². The van der Waals surface area contributed by atoms with Gasteiger partial charge in [-0.05, 0) is 41.3 Å². The third-order valence-electron chi connectivity index (χ3n) is 5.70. The van der Waals surface area contributed by atoms with Gasteiger partial charge in [0.2, 0.25) is 6.29 Å². The summed E-state index contributed by atoms with van der Waals surface area (Å²) in [6.45, 7) is 4.76. The molecule has 2 aliphatic rings. The van der Waals surface area contributed by atoms with E-state index in [1.54, 1.807) is 12.1 Å². The largest absolute Gasteiger partial charge is 0.486 e. The number of halogens is 1. The molecule has 10 heteroatoms. The van der Waals surface area contributed by atoms with Gasteiger partial charge in [0.15, 0.2) is 17.6 Å². The van der Waals surface area contributed by atoms with E-state index in [0.29, 0.717) is 41.7 Å². The van der Waals surface area contributed by atoms with Crippen LogP contribution in [0.1, 0.15) is 50.0 Å². The minimum Gasteiger partial charge on any atom is -0.486 e. The van der Waals surface area contributed by atoms with E-state index < -0.39 is 42.5 Å². The summed E-state index contributed by atoms with van der Waals surface area (Å²) in [6.07, 6.45) is -3.22. The van der Waals surface area contributed by atoms with Crippen molar-refractivity contribution in [1.82, 2.24) is 0 Å². The second-order valence-corrected chi connectivity index (χ2v) is 8.97. The van der Waals surface area contributed by atoms with Crippen LogP contribution in [-0.4, -0.2) is 49.6 Å². The van der Waals surface area contributed by atoms with Gasteiger partial charge in [-0.2, -0.15) is 0 Å². The quantitative estimate of drug-likeness (QED) is 0.415. The van der Waals surface area contributed by atoms with E-state index in [0.717, 1.165) is 11.1 Å². The second-order valence-electron chi connectivity index (χ2n) is 8.56. The first kappa shape index (κ1) is 25.8. The highest BCUT2D eigenvalue weighted by molar-refractivity contribution is 6.31. The Morgan fingerprint density at radius 2 is 1.58 bits per heavy atom. The summed E-state index contributed by atoms with van der Waals surface area (Å²) < 4.78 is 33.5. The molecule has 192 valence electrons. The van der Waals surface area contributed by atoms with Crippen molar-refractivity contribution < 1.29 is 42.8 Å². The van der Waals surface area contributed by atoms with E-state index in [2.05, 4.69) is 0 Å². The Hall–Kier alpha value is -3.30. The van der Waals surface area contributed by atoms with E-state index in [-0.39, 0.29) is 6.42 Å². The first-order chi connectivity index (χ1) is 17.2. The average Bonchev–Trinajstić information content (AvgIpc) is 2.81. The van der Waals surface area contributed by atoms with Crippen LogP contribution in [0.25, 0.3) is 0 Å². The number of hydrogen-bond acceptors (Lipinski definition) is 9. The molecule has 2 aromatic carbocycles. The highest BCUT2D eigenvalue weighted by atomic mass is 35.5. The molecular weight excluding hydrogens is 492 g/mol. The molecule has 0 spiro atoms. The van der Waals surface area contributed by atoms with Gasteiger partial charge in [0.1, 0.15) is 25.4 Å². The summed E-state index contributed by atoms with van der Waals surface area (Å²) in [6, 6.07) is 11.0. The van der Waals surface area contributed by atoms with E-state index in [1.165, 1.54) is 20.8 Å². The molecule has 0 amide bonds. The number of benzene rings is 2. The number of rotatable bonds is 6. The first-order valence-corrected chi connectivity index (χ1v) is 11.9. The van der Waals surface area contributed by atoms with E-state index in [4.69, 9.17) is 40.0 Å². The van der Waals surface area contributed by atoms with Crippen molar-refractivity contribution in [2.75, 3.05) is 13.2 Å². The van der Waals surface area contributed by atoms with Crippen LogP contribution < -0.4 is 9.47 Å². The third-order valence-corrected chi connectivity index (χ3v) is 6.07. The molecule has 2 heterocycles.